The molecule has 0 saturated carbocycles. The highest BCUT2D eigenvalue weighted by atomic mass is 19.2. The predicted molar refractivity (Wildman–Crippen MR) is 311 cm³/mol. The van der Waals surface area contributed by atoms with Crippen LogP contribution in [0.5, 0.6) is 0 Å². The van der Waals surface area contributed by atoms with Gasteiger partial charge < -0.3 is 41.2 Å². The molecule has 0 spiro atoms. The van der Waals surface area contributed by atoms with Crippen molar-refractivity contribution < 1.29 is 70.1 Å². The van der Waals surface area contributed by atoms with Gasteiger partial charge in [0, 0.05) is 25.2 Å². The summed E-state index contributed by atoms with van der Waals surface area (Å²) in [6.07, 6.45) is 4.67. The van der Waals surface area contributed by atoms with Crippen molar-refractivity contribution in [2.24, 2.45) is 5.73 Å². The van der Waals surface area contributed by atoms with Gasteiger partial charge in [-0.15, -0.1) is 0 Å². The van der Waals surface area contributed by atoms with Crippen LogP contribution in [0.1, 0.15) is 194 Å². The molecule has 8 aromatic rings. The summed E-state index contributed by atoms with van der Waals surface area (Å²) in [5.41, 5.74) is 9.82. The minimum absolute atomic E-state index is 0.0710. The Morgan fingerprint density at radius 1 is 0.539 bits per heavy atom. The molecule has 89 heavy (non-hydrogen) atoms. The average Bonchev–Trinajstić information content (AvgIpc) is 1.78. The first-order valence-corrected chi connectivity index (χ1v) is 27.9. The molecule has 4 heterocycles. The Kier molecular flexibility index (Phi) is 17.8. The molecule has 0 saturated heterocycles. The first-order valence-electron chi connectivity index (χ1n) is 27.9. The summed E-state index contributed by atoms with van der Waals surface area (Å²) in [6, 6.07) is 15.0. The Morgan fingerprint density at radius 3 is 1.33 bits per heavy atom. The molecule has 0 aliphatic heterocycles. The van der Waals surface area contributed by atoms with E-state index in [0.29, 0.717) is 47.9 Å². The lowest BCUT2D eigenvalue weighted by atomic mass is 9.97. The first kappa shape index (κ1) is 63.1. The number of ether oxygens (including phenoxy) is 3. The summed E-state index contributed by atoms with van der Waals surface area (Å²) < 4.78 is 72.0. The van der Waals surface area contributed by atoms with E-state index in [9.17, 15) is 55.9 Å². The molecule has 4 aromatic carbocycles. The number of nitrogens with two attached hydrogens (primary N) is 1. The van der Waals surface area contributed by atoms with Gasteiger partial charge in [0.15, 0.2) is 34.6 Å². The fraction of sp³-hybridized carbons (Fsp3) is 0.302. The molecule has 0 fully saturated rings. The number of carbonyl (C=O) groups excluding carboxylic acids is 8. The van der Waals surface area contributed by atoms with Crippen molar-refractivity contribution in [2.75, 3.05) is 7.11 Å². The zero-order chi connectivity index (χ0) is 64.6. The first-order chi connectivity index (χ1) is 42.0. The van der Waals surface area contributed by atoms with Crippen molar-refractivity contribution in [3.8, 4) is 0 Å². The minimum atomic E-state index is -1.06. The van der Waals surface area contributed by atoms with Crippen LogP contribution in [0.25, 0.3) is 11.3 Å². The molecule has 6 N–H and O–H groups in total. The van der Waals surface area contributed by atoms with Crippen molar-refractivity contribution >= 4 is 58.7 Å². The summed E-state index contributed by atoms with van der Waals surface area (Å²) in [4.78, 5) is 112. The highest BCUT2D eigenvalue weighted by molar-refractivity contribution is 6.03. The quantitative estimate of drug-likeness (QED) is 0.0390. The molecule has 22 nitrogen and oxygen atoms in total. The topological polar surface area (TPSA) is 299 Å². The van der Waals surface area contributed by atoms with Crippen LogP contribution in [-0.4, -0.2) is 95.0 Å². The number of aromatic nitrogens is 6. The van der Waals surface area contributed by atoms with Crippen LogP contribution in [0, 0.1) is 37.1 Å². The van der Waals surface area contributed by atoms with E-state index in [0.717, 1.165) is 72.9 Å². The molecule has 26 heteroatoms. The lowest BCUT2D eigenvalue weighted by molar-refractivity contribution is 0.00559. The number of carbonyl (C=O) groups is 8. The molecular weight excluding hydrogens is 1160 g/mol. The summed E-state index contributed by atoms with van der Waals surface area (Å²) >= 11 is 0. The van der Waals surface area contributed by atoms with Crippen molar-refractivity contribution in [3.63, 3.8) is 0 Å². The van der Waals surface area contributed by atoms with Gasteiger partial charge in [-0.25, -0.2) is 50.9 Å². The Morgan fingerprint density at radius 2 is 0.944 bits per heavy atom. The zero-order valence-corrected chi connectivity index (χ0v) is 49.7. The smallest absolute Gasteiger partial charge is 0.343 e. The van der Waals surface area contributed by atoms with Crippen molar-refractivity contribution in [1.29, 1.82) is 0 Å². The molecule has 2 atom stereocenters. The van der Waals surface area contributed by atoms with Crippen LogP contribution in [0.15, 0.2) is 85.2 Å². The number of esters is 3. The van der Waals surface area contributed by atoms with Crippen LogP contribution in [0.3, 0.4) is 0 Å². The van der Waals surface area contributed by atoms with Crippen LogP contribution in [-0.2, 0) is 40.1 Å². The Bertz CT molecular complexity index is 4240. The minimum Gasteiger partial charge on any atom is -0.465 e. The van der Waals surface area contributed by atoms with Gasteiger partial charge in [-0.2, -0.15) is 10.2 Å². The van der Waals surface area contributed by atoms with E-state index in [1.165, 1.54) is 37.6 Å². The third kappa shape index (κ3) is 13.7. The van der Waals surface area contributed by atoms with Gasteiger partial charge in [-0.1, -0.05) is 24.3 Å². The molecular formula is C63H61F4N11O11. The van der Waals surface area contributed by atoms with E-state index in [1.54, 1.807) is 65.8 Å². The number of benzene rings is 4. The Balaban J connectivity index is 0.000000211. The maximum atomic E-state index is 13.7. The number of fused-ring (bicyclic) bond motifs is 4. The molecule has 5 amide bonds. The third-order valence-corrected chi connectivity index (χ3v) is 14.7. The van der Waals surface area contributed by atoms with Crippen molar-refractivity contribution in [1.82, 2.24) is 50.5 Å². The van der Waals surface area contributed by atoms with Crippen LogP contribution in [0.2, 0.25) is 0 Å². The molecule has 0 unspecified atom stereocenters. The number of nitrogens with zero attached hydrogens (tertiary/aromatic N) is 6. The molecule has 2 aliphatic rings. The predicted octanol–water partition coefficient (Wildman–Crippen LogP) is 8.12. The van der Waals surface area contributed by atoms with Crippen molar-refractivity contribution in [3.05, 3.63) is 198 Å². The summed E-state index contributed by atoms with van der Waals surface area (Å²) in [5, 5.41) is 19.3. The molecule has 462 valence electrons. The normalized spacial score (nSPS) is 14.2. The van der Waals surface area contributed by atoms with Crippen molar-refractivity contribution in [2.45, 2.75) is 117 Å². The second kappa shape index (κ2) is 25.1. The highest BCUT2D eigenvalue weighted by Crippen LogP contribution is 2.37. The van der Waals surface area contributed by atoms with Crippen LogP contribution >= 0.6 is 0 Å². The molecule has 0 bridgehead atoms. The number of primary amides is 1. The summed E-state index contributed by atoms with van der Waals surface area (Å²) in [6.45, 7) is 14.1. The Labute approximate surface area is 505 Å². The van der Waals surface area contributed by atoms with Gasteiger partial charge in [0.2, 0.25) is 0 Å². The molecule has 0 radical (unpaired) electrons. The largest absolute Gasteiger partial charge is 0.465 e. The number of hydrogen-bond donors (Lipinski definition) is 5. The third-order valence-electron chi connectivity index (χ3n) is 14.7. The van der Waals surface area contributed by atoms with Gasteiger partial charge in [-0.3, -0.25) is 24.0 Å². The van der Waals surface area contributed by atoms with Gasteiger partial charge in [-0.05, 0) is 162 Å². The number of amides is 5. The maximum Gasteiger partial charge on any atom is 0.343 e. The lowest BCUT2D eigenvalue weighted by Crippen LogP contribution is -2.31. The number of methoxy groups -OCH3 is 1. The molecule has 2 aliphatic carbocycles. The molecule has 10 rings (SSSR count). The maximum absolute atomic E-state index is 13.7. The second-order valence-corrected chi connectivity index (χ2v) is 23.1. The van der Waals surface area contributed by atoms with Gasteiger partial charge in [0.1, 0.15) is 45.1 Å². The highest BCUT2D eigenvalue weighted by Gasteiger charge is 2.33. The number of nitrogens with one attached hydrogen (secondary N) is 4. The van der Waals surface area contributed by atoms with Gasteiger partial charge in [0.25, 0.3) is 29.5 Å². The van der Waals surface area contributed by atoms with E-state index in [-0.39, 0.29) is 58.3 Å². The van der Waals surface area contributed by atoms with E-state index < -0.39 is 94.0 Å². The standard InChI is InChI=1S/C32H31F2N5O6.C31H30F2N6O5/c1-16-18-9-11-24(20(18)8-7-19(16)31(43)45-32(2,3)4)38-29(41)26-13-25(37-27-21(30(42)44-5)15-36-39(26)27)28(40)35-14-17-6-10-22(33)23(34)12-17;1-15-17-8-10-23(19(17)7-6-18(15)30(43)44-31(2,3)4)38-29(42)25-12-24(37-27-20(26(34)40)14-36-39(25)27)28(41)35-13-16-5-9-21(32)22(33)11-16/h6-8,10,12-13,15,24H,9,11,14H2,1-5H3,(H,35,40)(H,38,41);5-7,9,11-12,14,23H,8,10,13H2,1-4H3,(H2,34,40)(H,35,41)(H,38,42)/t24-;23-/m00/s1. The van der Waals surface area contributed by atoms with Crippen LogP contribution in [0.4, 0.5) is 17.6 Å². The summed E-state index contributed by atoms with van der Waals surface area (Å²) in [7, 11) is 1.17. The fourth-order valence-electron chi connectivity index (χ4n) is 10.4. The monoisotopic (exact) mass is 1220 g/mol. The SMILES string of the molecule is COC(=O)c1cnn2c(C(=O)N[C@H]3CCc4c3ccc(C(=O)OC(C)(C)C)c4C)cc(C(=O)NCc3ccc(F)c(F)c3)nc12.Cc1c(C(=O)OC(C)(C)C)ccc2c1CC[C@@H]2NC(=O)c1cc(C(=O)NCc2ccc(F)c(F)c2)nc2c(C(N)=O)cnn12. The number of hydrogen-bond acceptors (Lipinski definition) is 15. The fourth-order valence-corrected chi connectivity index (χ4v) is 10.4. The van der Waals surface area contributed by atoms with E-state index >= 15 is 0 Å². The van der Waals surface area contributed by atoms with E-state index in [4.69, 9.17) is 19.9 Å². The second-order valence-electron chi connectivity index (χ2n) is 23.1. The van der Waals surface area contributed by atoms with Gasteiger partial charge >= 0.3 is 17.9 Å². The van der Waals surface area contributed by atoms with E-state index in [1.807, 2.05) is 13.8 Å². The summed E-state index contributed by atoms with van der Waals surface area (Å²) in [5.74, 6) is -9.32. The van der Waals surface area contributed by atoms with Crippen LogP contribution < -0.4 is 27.0 Å². The average molecular weight is 1220 g/mol. The Hall–Kier alpha value is -10.4. The number of rotatable bonds is 14. The lowest BCUT2D eigenvalue weighted by Gasteiger charge is -2.21. The zero-order valence-electron chi connectivity index (χ0n) is 49.7. The molecule has 4 aromatic heterocycles. The van der Waals surface area contributed by atoms with Gasteiger partial charge in [0.05, 0.1) is 42.7 Å². The number of halogens is 4. The van der Waals surface area contributed by atoms with E-state index in [2.05, 4.69) is 41.4 Å².